The average Bonchev–Trinajstić information content (AvgIpc) is 3.02. The molecule has 1 saturated carbocycles. The maximum Gasteiger partial charge on any atom is 0.573 e. The van der Waals surface area contributed by atoms with E-state index in [9.17, 15) is 21.6 Å². The number of sulfone groups is 1. The van der Waals surface area contributed by atoms with E-state index in [-0.39, 0.29) is 27.5 Å². The average molecular weight is 510 g/mol. The number of aromatic nitrogens is 2. The van der Waals surface area contributed by atoms with Crippen molar-refractivity contribution in [1.82, 2.24) is 9.55 Å². The minimum atomic E-state index is -4.76. The summed E-state index contributed by atoms with van der Waals surface area (Å²) in [5.74, 6) is 0.193. The highest BCUT2D eigenvalue weighted by atomic mass is 32.2. The van der Waals surface area contributed by atoms with Crippen LogP contribution in [0.15, 0.2) is 47.4 Å². The Morgan fingerprint density at radius 2 is 1.63 bits per heavy atom. The van der Waals surface area contributed by atoms with E-state index < -0.39 is 16.2 Å². The molecule has 1 fully saturated rings. The molecule has 1 N–H and O–H groups in total. The van der Waals surface area contributed by atoms with Crippen molar-refractivity contribution >= 4 is 32.5 Å². The van der Waals surface area contributed by atoms with Crippen LogP contribution in [0.3, 0.4) is 0 Å². The molecule has 35 heavy (non-hydrogen) atoms. The van der Waals surface area contributed by atoms with Gasteiger partial charge in [-0.3, -0.25) is 0 Å². The summed E-state index contributed by atoms with van der Waals surface area (Å²) in [6.07, 6.45) is -0.788. The van der Waals surface area contributed by atoms with E-state index in [1.807, 2.05) is 4.57 Å². The number of nitrogens with zero attached hydrogens (tertiary/aromatic N) is 2. The number of anilines is 2. The Kier molecular flexibility index (Phi) is 6.10. The Labute approximate surface area is 203 Å². The summed E-state index contributed by atoms with van der Waals surface area (Å²) in [7, 11) is -3.42. The summed E-state index contributed by atoms with van der Waals surface area (Å²) in [4.78, 5) is 4.94. The predicted octanol–water partition coefficient (Wildman–Crippen LogP) is 6.86. The number of hydrogen-bond donors (Lipinski definition) is 1. The first-order valence-corrected chi connectivity index (χ1v) is 13.3. The Balaban J connectivity index is 1.79. The van der Waals surface area contributed by atoms with Crippen LogP contribution in [0.5, 0.6) is 5.75 Å². The van der Waals surface area contributed by atoms with E-state index >= 15 is 0 Å². The van der Waals surface area contributed by atoms with Crippen molar-refractivity contribution in [2.45, 2.75) is 64.3 Å². The quantitative estimate of drug-likeness (QED) is 0.407. The highest BCUT2D eigenvalue weighted by Gasteiger charge is 2.40. The molecule has 0 amide bonds. The van der Waals surface area contributed by atoms with Crippen LogP contribution in [0.25, 0.3) is 11.0 Å². The van der Waals surface area contributed by atoms with Crippen molar-refractivity contribution in [3.05, 3.63) is 42.5 Å². The van der Waals surface area contributed by atoms with Crippen LogP contribution in [0, 0.1) is 10.8 Å². The highest BCUT2D eigenvalue weighted by molar-refractivity contribution is 7.90. The molecule has 1 aliphatic rings. The topological polar surface area (TPSA) is 73.2 Å². The van der Waals surface area contributed by atoms with Gasteiger partial charge in [0.25, 0.3) is 0 Å². The number of ether oxygens (including phenoxy) is 1. The van der Waals surface area contributed by atoms with E-state index in [1.54, 1.807) is 12.1 Å². The lowest BCUT2D eigenvalue weighted by Crippen LogP contribution is -2.35. The van der Waals surface area contributed by atoms with Gasteiger partial charge in [-0.05, 0) is 72.6 Å². The van der Waals surface area contributed by atoms with Gasteiger partial charge in [-0.15, -0.1) is 13.2 Å². The number of alkyl halides is 3. The first-order chi connectivity index (χ1) is 16.0. The molecule has 1 aliphatic carbocycles. The zero-order valence-corrected chi connectivity index (χ0v) is 21.2. The van der Waals surface area contributed by atoms with Crippen molar-refractivity contribution in [2.24, 2.45) is 10.8 Å². The fourth-order valence-corrected chi connectivity index (χ4v) is 6.24. The van der Waals surface area contributed by atoms with Gasteiger partial charge in [-0.1, -0.05) is 27.7 Å². The van der Waals surface area contributed by atoms with Gasteiger partial charge in [0.15, 0.2) is 9.84 Å². The molecule has 0 aliphatic heterocycles. The van der Waals surface area contributed by atoms with Crippen molar-refractivity contribution in [3.8, 4) is 5.75 Å². The molecule has 1 aromatic heterocycles. The highest BCUT2D eigenvalue weighted by Crippen LogP contribution is 2.51. The van der Waals surface area contributed by atoms with Crippen molar-refractivity contribution in [1.29, 1.82) is 0 Å². The van der Waals surface area contributed by atoms with Gasteiger partial charge in [0.1, 0.15) is 5.75 Å². The summed E-state index contributed by atoms with van der Waals surface area (Å²) >= 11 is 0. The van der Waals surface area contributed by atoms with Crippen LogP contribution < -0.4 is 10.1 Å². The van der Waals surface area contributed by atoms with E-state index in [0.717, 1.165) is 19.3 Å². The van der Waals surface area contributed by atoms with E-state index in [1.165, 1.54) is 36.6 Å². The lowest BCUT2D eigenvalue weighted by atomic mass is 9.63. The third-order valence-electron chi connectivity index (χ3n) is 6.33. The molecular formula is C25H30F3N3O3S. The maximum absolute atomic E-state index is 12.5. The minimum absolute atomic E-state index is 0.0453. The first kappa shape index (κ1) is 25.3. The zero-order valence-electron chi connectivity index (χ0n) is 20.4. The molecule has 190 valence electrons. The van der Waals surface area contributed by atoms with Crippen LogP contribution in [-0.2, 0) is 9.84 Å². The molecule has 0 unspecified atom stereocenters. The third-order valence-corrected chi connectivity index (χ3v) is 7.44. The molecular weight excluding hydrogens is 479 g/mol. The monoisotopic (exact) mass is 509 g/mol. The molecule has 0 saturated heterocycles. The van der Waals surface area contributed by atoms with Gasteiger partial charge in [-0.25, -0.2) is 13.4 Å². The number of fused-ring (bicyclic) bond motifs is 1. The number of nitrogens with one attached hydrogen (secondary N) is 1. The third kappa shape index (κ3) is 5.91. The molecule has 1 heterocycles. The smallest absolute Gasteiger partial charge is 0.406 e. The molecule has 3 aromatic rings. The molecule has 0 spiro atoms. The molecule has 0 atom stereocenters. The molecule has 0 bridgehead atoms. The number of halogens is 3. The van der Waals surface area contributed by atoms with Crippen LogP contribution in [0.2, 0.25) is 0 Å². The second-order valence-electron chi connectivity index (χ2n) is 11.0. The Hall–Kier alpha value is -2.75. The number of imidazole rings is 1. The lowest BCUT2D eigenvalue weighted by molar-refractivity contribution is -0.274. The second kappa shape index (κ2) is 8.43. The van der Waals surface area contributed by atoms with Crippen LogP contribution >= 0.6 is 0 Å². The Morgan fingerprint density at radius 1 is 1.03 bits per heavy atom. The Morgan fingerprint density at radius 3 is 2.17 bits per heavy atom. The van der Waals surface area contributed by atoms with E-state index in [2.05, 4.69) is 37.7 Å². The first-order valence-electron chi connectivity index (χ1n) is 11.4. The van der Waals surface area contributed by atoms with Gasteiger partial charge < -0.3 is 14.6 Å². The predicted molar refractivity (Wildman–Crippen MR) is 130 cm³/mol. The fourth-order valence-electron chi connectivity index (χ4n) is 5.60. The largest absolute Gasteiger partial charge is 0.573 e. The van der Waals surface area contributed by atoms with Crippen molar-refractivity contribution in [2.75, 3.05) is 11.6 Å². The van der Waals surface area contributed by atoms with Crippen molar-refractivity contribution < 1.29 is 26.3 Å². The van der Waals surface area contributed by atoms with Crippen molar-refractivity contribution in [3.63, 3.8) is 0 Å². The Bertz CT molecular complexity index is 1330. The second-order valence-corrected chi connectivity index (χ2v) is 13.0. The summed E-state index contributed by atoms with van der Waals surface area (Å²) < 4.78 is 68.1. The van der Waals surface area contributed by atoms with E-state index in [0.29, 0.717) is 22.7 Å². The molecule has 0 radical (unpaired) electrons. The zero-order chi connectivity index (χ0) is 25.8. The fraction of sp³-hybridized carbons (Fsp3) is 0.480. The maximum atomic E-state index is 12.5. The van der Waals surface area contributed by atoms with Gasteiger partial charge in [0.2, 0.25) is 5.95 Å². The minimum Gasteiger partial charge on any atom is -0.406 e. The van der Waals surface area contributed by atoms with Gasteiger partial charge in [-0.2, -0.15) is 0 Å². The standard InChI is InChI=1S/C25H30F3N3O3S/c1-23(2)13-17(14-24(3,4)15-23)31-21-12-19(35(5,32)33)10-11-20(21)30-22(31)29-16-6-8-18(9-7-16)34-25(26,27)28/h6-12,17H,13-15H2,1-5H3,(H,29,30). The number of rotatable bonds is 5. The number of benzene rings is 2. The summed E-state index contributed by atoms with van der Waals surface area (Å²) in [5.41, 5.74) is 1.99. The van der Waals surface area contributed by atoms with Crippen LogP contribution in [0.4, 0.5) is 24.8 Å². The summed E-state index contributed by atoms with van der Waals surface area (Å²) in [6, 6.07) is 10.4. The summed E-state index contributed by atoms with van der Waals surface area (Å²) in [5, 5.41) is 3.23. The van der Waals surface area contributed by atoms with Gasteiger partial charge in [0.05, 0.1) is 15.9 Å². The molecule has 6 nitrogen and oxygen atoms in total. The van der Waals surface area contributed by atoms with Gasteiger partial charge in [0, 0.05) is 18.0 Å². The normalized spacial score (nSPS) is 18.5. The molecule has 2 aromatic carbocycles. The lowest BCUT2D eigenvalue weighted by Gasteiger charge is -2.45. The molecule has 10 heteroatoms. The van der Waals surface area contributed by atoms with Crippen LogP contribution in [-0.4, -0.2) is 30.6 Å². The van der Waals surface area contributed by atoms with E-state index in [4.69, 9.17) is 4.98 Å². The van der Waals surface area contributed by atoms with Gasteiger partial charge >= 0.3 is 6.36 Å². The molecule has 4 rings (SSSR count). The van der Waals surface area contributed by atoms with Crippen LogP contribution in [0.1, 0.15) is 53.0 Å². The number of hydrogen-bond acceptors (Lipinski definition) is 5. The summed E-state index contributed by atoms with van der Waals surface area (Å²) in [6.45, 7) is 8.92. The SMILES string of the molecule is CC1(C)CC(n2c(Nc3ccc(OC(F)(F)F)cc3)nc3ccc(S(C)(=O)=O)cc32)CC(C)(C)C1.